The summed E-state index contributed by atoms with van der Waals surface area (Å²) in [4.78, 5) is 17.8. The maximum absolute atomic E-state index is 12.4. The summed E-state index contributed by atoms with van der Waals surface area (Å²) >= 11 is 0. The second-order valence-corrected chi connectivity index (χ2v) is 11.9. The molecule has 1 unspecified atom stereocenters. The standard InChI is InChI=1S/C27H46N2O3/c1-18(5-10-25(31)29(4)32-16-15-28)22-8-9-23-21-7-6-19-17-20(30)11-13-26(19,2)24(21)12-14-27(22,23)3/h6,18,20-24,30H,5,7-17,28H2,1-4H3/t18?,20-,21-,22+,23-,24-,26-,27+/m0/s1. The maximum atomic E-state index is 12.4. The van der Waals surface area contributed by atoms with Gasteiger partial charge in [0.05, 0.1) is 12.7 Å². The Morgan fingerprint density at radius 2 is 2.03 bits per heavy atom. The number of hydrogen-bond acceptors (Lipinski definition) is 4. The van der Waals surface area contributed by atoms with Crippen molar-refractivity contribution in [2.24, 2.45) is 46.2 Å². The van der Waals surface area contributed by atoms with Crippen LogP contribution in [0.3, 0.4) is 0 Å². The van der Waals surface area contributed by atoms with E-state index in [0.29, 0.717) is 42.2 Å². The molecular formula is C27H46N2O3. The lowest BCUT2D eigenvalue weighted by Crippen LogP contribution is -2.50. The summed E-state index contributed by atoms with van der Waals surface area (Å²) in [5.41, 5.74) is 7.75. The Bertz CT molecular complexity index is 724. The van der Waals surface area contributed by atoms with Crippen LogP contribution in [-0.4, -0.2) is 42.4 Å². The lowest BCUT2D eigenvalue weighted by Gasteiger charge is -2.58. The molecule has 4 aliphatic carbocycles. The zero-order valence-corrected chi connectivity index (χ0v) is 20.8. The first-order valence-electron chi connectivity index (χ1n) is 13.2. The highest BCUT2D eigenvalue weighted by atomic mass is 16.7. The van der Waals surface area contributed by atoms with E-state index < -0.39 is 0 Å². The molecule has 0 bridgehead atoms. The van der Waals surface area contributed by atoms with Crippen molar-refractivity contribution in [3.8, 4) is 0 Å². The molecule has 4 aliphatic rings. The molecule has 0 aromatic heterocycles. The van der Waals surface area contributed by atoms with E-state index in [1.165, 1.54) is 37.2 Å². The topological polar surface area (TPSA) is 75.8 Å². The van der Waals surface area contributed by atoms with E-state index in [2.05, 4.69) is 26.8 Å². The molecular weight excluding hydrogens is 400 g/mol. The lowest BCUT2D eigenvalue weighted by molar-refractivity contribution is -0.177. The SMILES string of the molecule is CC(CCC(=O)N(C)OCCN)[C@H]1CC[C@H]2[C@@H]3CC=C4C[C@@H](O)CC[C@]4(C)[C@H]3CC[C@]12C. The molecule has 0 aromatic carbocycles. The summed E-state index contributed by atoms with van der Waals surface area (Å²) < 4.78 is 0. The van der Waals surface area contributed by atoms with Crippen LogP contribution in [0.4, 0.5) is 0 Å². The van der Waals surface area contributed by atoms with Crippen molar-refractivity contribution in [3.05, 3.63) is 11.6 Å². The minimum atomic E-state index is -0.126. The monoisotopic (exact) mass is 446 g/mol. The number of hydrogen-bond donors (Lipinski definition) is 2. The average Bonchev–Trinajstić information content (AvgIpc) is 3.13. The molecule has 0 radical (unpaired) electrons. The number of amides is 1. The molecule has 5 heteroatoms. The molecule has 0 aliphatic heterocycles. The number of nitrogens with zero attached hydrogens (tertiary/aromatic N) is 1. The molecule has 0 saturated heterocycles. The van der Waals surface area contributed by atoms with E-state index >= 15 is 0 Å². The normalized spacial score (nSPS) is 41.8. The third-order valence-corrected chi connectivity index (χ3v) is 10.4. The van der Waals surface area contributed by atoms with Gasteiger partial charge in [0.25, 0.3) is 0 Å². The van der Waals surface area contributed by atoms with E-state index in [0.717, 1.165) is 43.4 Å². The zero-order chi connectivity index (χ0) is 23.1. The van der Waals surface area contributed by atoms with Crippen molar-refractivity contribution in [3.63, 3.8) is 0 Å². The number of hydroxylamine groups is 2. The van der Waals surface area contributed by atoms with Gasteiger partial charge in [-0.15, -0.1) is 0 Å². The summed E-state index contributed by atoms with van der Waals surface area (Å²) in [6.07, 6.45) is 13.5. The third kappa shape index (κ3) is 4.18. The second-order valence-electron chi connectivity index (χ2n) is 11.9. The average molecular weight is 447 g/mol. The number of carbonyl (C=O) groups is 1. The zero-order valence-electron chi connectivity index (χ0n) is 20.8. The highest BCUT2D eigenvalue weighted by Gasteiger charge is 2.59. The number of fused-ring (bicyclic) bond motifs is 5. The van der Waals surface area contributed by atoms with Crippen molar-refractivity contribution in [1.82, 2.24) is 5.06 Å². The van der Waals surface area contributed by atoms with Crippen LogP contribution < -0.4 is 5.73 Å². The van der Waals surface area contributed by atoms with E-state index in [9.17, 15) is 9.90 Å². The van der Waals surface area contributed by atoms with Crippen LogP contribution in [0.15, 0.2) is 11.6 Å². The summed E-state index contributed by atoms with van der Waals surface area (Å²) in [7, 11) is 1.70. The highest BCUT2D eigenvalue weighted by Crippen LogP contribution is 2.67. The van der Waals surface area contributed by atoms with Crippen LogP contribution in [-0.2, 0) is 9.63 Å². The van der Waals surface area contributed by atoms with Gasteiger partial charge in [0, 0.05) is 20.0 Å². The molecule has 5 nitrogen and oxygen atoms in total. The summed E-state index contributed by atoms with van der Waals surface area (Å²) in [6.45, 7) is 8.27. The Hall–Kier alpha value is -0.910. The van der Waals surface area contributed by atoms with Crippen molar-refractivity contribution >= 4 is 5.91 Å². The molecule has 3 fully saturated rings. The second kappa shape index (κ2) is 9.38. The number of nitrogens with two attached hydrogens (primary N) is 1. The Kier molecular flexibility index (Phi) is 7.10. The molecule has 8 atom stereocenters. The fourth-order valence-corrected chi connectivity index (χ4v) is 8.59. The van der Waals surface area contributed by atoms with Crippen molar-refractivity contribution < 1.29 is 14.7 Å². The number of carbonyl (C=O) groups excluding carboxylic acids is 1. The van der Waals surface area contributed by atoms with Crippen molar-refractivity contribution in [2.75, 3.05) is 20.2 Å². The Balaban J connectivity index is 1.41. The number of allylic oxidation sites excluding steroid dienone is 1. The van der Waals surface area contributed by atoms with Gasteiger partial charge < -0.3 is 10.8 Å². The predicted octanol–water partition coefficient (Wildman–Crippen LogP) is 4.69. The lowest BCUT2D eigenvalue weighted by atomic mass is 9.47. The van der Waals surface area contributed by atoms with Gasteiger partial charge in [-0.25, -0.2) is 5.06 Å². The minimum absolute atomic E-state index is 0.0612. The van der Waals surface area contributed by atoms with E-state index in [1.54, 1.807) is 12.6 Å². The largest absolute Gasteiger partial charge is 0.393 e. The van der Waals surface area contributed by atoms with Gasteiger partial charge in [-0.3, -0.25) is 9.63 Å². The Labute approximate surface area is 195 Å². The summed E-state index contributed by atoms with van der Waals surface area (Å²) in [6, 6.07) is 0. The summed E-state index contributed by atoms with van der Waals surface area (Å²) in [5.74, 6) is 3.73. The molecule has 3 saturated carbocycles. The molecule has 1 amide bonds. The van der Waals surface area contributed by atoms with Crippen molar-refractivity contribution in [2.45, 2.75) is 91.1 Å². The quantitative estimate of drug-likeness (QED) is 0.439. The Morgan fingerprint density at radius 1 is 1.25 bits per heavy atom. The molecule has 32 heavy (non-hydrogen) atoms. The molecule has 4 rings (SSSR count). The van der Waals surface area contributed by atoms with Gasteiger partial charge in [-0.05, 0) is 98.2 Å². The predicted molar refractivity (Wildman–Crippen MR) is 127 cm³/mol. The maximum Gasteiger partial charge on any atom is 0.245 e. The molecule has 0 spiro atoms. The number of rotatable bonds is 7. The van der Waals surface area contributed by atoms with Crippen molar-refractivity contribution in [1.29, 1.82) is 0 Å². The first kappa shape index (κ1) is 24.2. The van der Waals surface area contributed by atoms with Crippen LogP contribution in [0.2, 0.25) is 0 Å². The smallest absolute Gasteiger partial charge is 0.245 e. The highest BCUT2D eigenvalue weighted by molar-refractivity contribution is 5.74. The van der Waals surface area contributed by atoms with Crippen LogP contribution >= 0.6 is 0 Å². The minimum Gasteiger partial charge on any atom is -0.393 e. The first-order chi connectivity index (χ1) is 15.2. The van der Waals surface area contributed by atoms with Gasteiger partial charge in [-0.2, -0.15) is 0 Å². The molecule has 0 heterocycles. The molecule has 3 N–H and O–H groups in total. The molecule has 182 valence electrons. The summed E-state index contributed by atoms with van der Waals surface area (Å²) in [5, 5.41) is 11.6. The molecule has 0 aromatic rings. The van der Waals surface area contributed by atoms with E-state index in [4.69, 9.17) is 10.6 Å². The fraction of sp³-hybridized carbons (Fsp3) is 0.889. The fourth-order valence-electron chi connectivity index (χ4n) is 8.59. The first-order valence-corrected chi connectivity index (χ1v) is 13.2. The van der Waals surface area contributed by atoms with E-state index in [-0.39, 0.29) is 12.0 Å². The van der Waals surface area contributed by atoms with Gasteiger partial charge in [0.15, 0.2) is 0 Å². The van der Waals surface area contributed by atoms with Gasteiger partial charge in [0.2, 0.25) is 5.91 Å². The van der Waals surface area contributed by atoms with E-state index in [1.807, 2.05) is 0 Å². The van der Waals surface area contributed by atoms with Gasteiger partial charge in [0.1, 0.15) is 0 Å². The van der Waals surface area contributed by atoms with Crippen LogP contribution in [0.5, 0.6) is 0 Å². The van der Waals surface area contributed by atoms with Crippen LogP contribution in [0, 0.1) is 40.4 Å². The number of aliphatic hydroxyl groups is 1. The van der Waals surface area contributed by atoms with Gasteiger partial charge >= 0.3 is 0 Å². The van der Waals surface area contributed by atoms with Gasteiger partial charge in [-0.1, -0.05) is 32.4 Å². The number of aliphatic hydroxyl groups excluding tert-OH is 1. The van der Waals surface area contributed by atoms with Crippen LogP contribution in [0.1, 0.15) is 85.0 Å². The Morgan fingerprint density at radius 3 is 2.78 bits per heavy atom. The third-order valence-electron chi connectivity index (χ3n) is 10.4. The van der Waals surface area contributed by atoms with Crippen LogP contribution in [0.25, 0.3) is 0 Å².